The summed E-state index contributed by atoms with van der Waals surface area (Å²) in [4.78, 5) is 10.2. The van der Waals surface area contributed by atoms with Gasteiger partial charge in [0.15, 0.2) is 0 Å². The molecule has 1 saturated heterocycles. The van der Waals surface area contributed by atoms with Crippen LogP contribution in [-0.4, -0.2) is 36.5 Å². The molecule has 4 N–H and O–H groups in total. The molecule has 0 saturated carbocycles. The molecule has 0 bridgehead atoms. The van der Waals surface area contributed by atoms with E-state index in [1.807, 2.05) is 0 Å². The van der Waals surface area contributed by atoms with Gasteiger partial charge in [0.1, 0.15) is 0 Å². The number of carbonyl (C=O) groups is 1. The van der Waals surface area contributed by atoms with Crippen LogP contribution in [0.2, 0.25) is 0 Å². The normalized spacial score (nSPS) is 24.2. The fraction of sp³-hybridized carbons (Fsp3) is 0.889. The van der Waals surface area contributed by atoms with Crippen molar-refractivity contribution >= 4 is 6.09 Å². The molecule has 2 atom stereocenters. The third-order valence-corrected chi connectivity index (χ3v) is 2.36. The standard InChI is InChI=1S/C9H18N2O3/c10-7(6-11-9(12)13)5-8-3-1-2-4-14-8/h7-8,11H,1-6,10H2,(H,12,13). The van der Waals surface area contributed by atoms with E-state index in [1.54, 1.807) is 0 Å². The lowest BCUT2D eigenvalue weighted by Crippen LogP contribution is -2.39. The molecular formula is C9H18N2O3. The van der Waals surface area contributed by atoms with Crippen molar-refractivity contribution < 1.29 is 14.6 Å². The molecule has 5 heteroatoms. The lowest BCUT2D eigenvalue weighted by atomic mass is 10.0. The van der Waals surface area contributed by atoms with Gasteiger partial charge < -0.3 is 20.9 Å². The first-order valence-electron chi connectivity index (χ1n) is 5.02. The number of carboxylic acid groups (broad SMARTS) is 1. The number of hydrogen-bond acceptors (Lipinski definition) is 3. The number of nitrogens with two attached hydrogens (primary N) is 1. The van der Waals surface area contributed by atoms with Crippen LogP contribution in [0.5, 0.6) is 0 Å². The fourth-order valence-corrected chi connectivity index (χ4v) is 1.63. The average Bonchev–Trinajstić information content (AvgIpc) is 2.16. The third-order valence-electron chi connectivity index (χ3n) is 2.36. The largest absolute Gasteiger partial charge is 0.465 e. The van der Waals surface area contributed by atoms with E-state index in [0.717, 1.165) is 25.9 Å². The minimum atomic E-state index is -1.02. The van der Waals surface area contributed by atoms with Gasteiger partial charge in [0.05, 0.1) is 6.10 Å². The molecule has 0 aromatic heterocycles. The van der Waals surface area contributed by atoms with Crippen molar-refractivity contribution in [1.82, 2.24) is 5.32 Å². The topological polar surface area (TPSA) is 84.6 Å². The van der Waals surface area contributed by atoms with Gasteiger partial charge in [-0.2, -0.15) is 0 Å². The monoisotopic (exact) mass is 202 g/mol. The highest BCUT2D eigenvalue weighted by Crippen LogP contribution is 2.16. The average molecular weight is 202 g/mol. The smallest absolute Gasteiger partial charge is 0.404 e. The van der Waals surface area contributed by atoms with Crippen molar-refractivity contribution in [2.24, 2.45) is 5.73 Å². The Balaban J connectivity index is 2.11. The van der Waals surface area contributed by atoms with Gasteiger partial charge in [0.25, 0.3) is 0 Å². The van der Waals surface area contributed by atoms with Crippen LogP contribution in [0.1, 0.15) is 25.7 Å². The van der Waals surface area contributed by atoms with Crippen LogP contribution in [0.25, 0.3) is 0 Å². The van der Waals surface area contributed by atoms with E-state index in [-0.39, 0.29) is 12.1 Å². The van der Waals surface area contributed by atoms with Crippen molar-refractivity contribution in [1.29, 1.82) is 0 Å². The van der Waals surface area contributed by atoms with Crippen LogP contribution >= 0.6 is 0 Å². The van der Waals surface area contributed by atoms with Gasteiger partial charge >= 0.3 is 6.09 Å². The highest BCUT2D eigenvalue weighted by Gasteiger charge is 2.17. The molecule has 0 aromatic rings. The van der Waals surface area contributed by atoms with Gasteiger partial charge in [-0.25, -0.2) is 4.79 Å². The maximum atomic E-state index is 10.2. The summed E-state index contributed by atoms with van der Waals surface area (Å²) >= 11 is 0. The Morgan fingerprint density at radius 3 is 3.00 bits per heavy atom. The fourth-order valence-electron chi connectivity index (χ4n) is 1.63. The summed E-state index contributed by atoms with van der Waals surface area (Å²) < 4.78 is 5.50. The maximum Gasteiger partial charge on any atom is 0.404 e. The molecule has 1 fully saturated rings. The third kappa shape index (κ3) is 4.43. The highest BCUT2D eigenvalue weighted by molar-refractivity contribution is 5.64. The van der Waals surface area contributed by atoms with E-state index in [0.29, 0.717) is 6.54 Å². The molecule has 0 spiro atoms. The van der Waals surface area contributed by atoms with Crippen LogP contribution < -0.4 is 11.1 Å². The Hall–Kier alpha value is -0.810. The van der Waals surface area contributed by atoms with Crippen LogP contribution in [0, 0.1) is 0 Å². The second-order valence-electron chi connectivity index (χ2n) is 3.67. The van der Waals surface area contributed by atoms with Crippen LogP contribution in [-0.2, 0) is 4.74 Å². The summed E-state index contributed by atoms with van der Waals surface area (Å²) in [6.07, 6.45) is 3.28. The Bertz CT molecular complexity index is 181. The second kappa shape index (κ2) is 5.82. The van der Waals surface area contributed by atoms with Gasteiger partial charge in [-0.15, -0.1) is 0 Å². The Morgan fingerprint density at radius 2 is 2.43 bits per heavy atom. The van der Waals surface area contributed by atoms with Crippen molar-refractivity contribution in [2.75, 3.05) is 13.2 Å². The molecule has 1 rings (SSSR count). The molecule has 0 aromatic carbocycles. The molecule has 1 aliphatic rings. The number of rotatable bonds is 4. The summed E-state index contributed by atoms with van der Waals surface area (Å²) in [6, 6.07) is -0.144. The Kier molecular flexibility index (Phi) is 4.69. The molecule has 1 aliphatic heterocycles. The first kappa shape index (κ1) is 11.3. The van der Waals surface area contributed by atoms with Gasteiger partial charge in [-0.05, 0) is 25.7 Å². The molecule has 1 amide bonds. The van der Waals surface area contributed by atoms with Gasteiger partial charge in [-0.3, -0.25) is 0 Å². The summed E-state index contributed by atoms with van der Waals surface area (Å²) in [7, 11) is 0. The first-order valence-corrected chi connectivity index (χ1v) is 5.02. The van der Waals surface area contributed by atoms with Crippen molar-refractivity contribution in [3.8, 4) is 0 Å². The zero-order valence-corrected chi connectivity index (χ0v) is 8.24. The summed E-state index contributed by atoms with van der Waals surface area (Å²) in [5.74, 6) is 0. The molecule has 0 aliphatic carbocycles. The van der Waals surface area contributed by atoms with Gasteiger partial charge in [0.2, 0.25) is 0 Å². The summed E-state index contributed by atoms with van der Waals surface area (Å²) in [6.45, 7) is 1.11. The van der Waals surface area contributed by atoms with E-state index in [9.17, 15) is 4.79 Å². The van der Waals surface area contributed by atoms with E-state index in [1.165, 1.54) is 6.42 Å². The Morgan fingerprint density at radius 1 is 1.64 bits per heavy atom. The second-order valence-corrected chi connectivity index (χ2v) is 3.67. The highest BCUT2D eigenvalue weighted by atomic mass is 16.5. The lowest BCUT2D eigenvalue weighted by molar-refractivity contribution is 0.00750. The van der Waals surface area contributed by atoms with E-state index in [4.69, 9.17) is 15.6 Å². The lowest BCUT2D eigenvalue weighted by Gasteiger charge is -2.25. The van der Waals surface area contributed by atoms with Gasteiger partial charge in [0, 0.05) is 19.2 Å². The van der Waals surface area contributed by atoms with Crippen molar-refractivity contribution in [3.63, 3.8) is 0 Å². The number of ether oxygens (including phenoxy) is 1. The van der Waals surface area contributed by atoms with Gasteiger partial charge in [-0.1, -0.05) is 0 Å². The minimum absolute atomic E-state index is 0.144. The molecule has 0 radical (unpaired) electrons. The molecule has 2 unspecified atom stereocenters. The van der Waals surface area contributed by atoms with Crippen molar-refractivity contribution in [2.45, 2.75) is 37.8 Å². The van der Waals surface area contributed by atoms with E-state index >= 15 is 0 Å². The Labute approximate surface area is 83.6 Å². The predicted octanol–water partition coefficient (Wildman–Crippen LogP) is 0.540. The first-order chi connectivity index (χ1) is 6.68. The quantitative estimate of drug-likeness (QED) is 0.621. The zero-order chi connectivity index (χ0) is 10.4. The molecule has 1 heterocycles. The van der Waals surface area contributed by atoms with Crippen LogP contribution in [0.3, 0.4) is 0 Å². The zero-order valence-electron chi connectivity index (χ0n) is 8.24. The summed E-state index contributed by atoms with van der Waals surface area (Å²) in [5.41, 5.74) is 5.75. The molecule has 82 valence electrons. The molecule has 5 nitrogen and oxygen atoms in total. The summed E-state index contributed by atoms with van der Waals surface area (Å²) in [5, 5.41) is 10.6. The molecular weight excluding hydrogens is 184 g/mol. The number of amides is 1. The predicted molar refractivity (Wildman–Crippen MR) is 52.2 cm³/mol. The van der Waals surface area contributed by atoms with Crippen molar-refractivity contribution in [3.05, 3.63) is 0 Å². The minimum Gasteiger partial charge on any atom is -0.465 e. The molecule has 14 heavy (non-hydrogen) atoms. The van der Waals surface area contributed by atoms with E-state index < -0.39 is 6.09 Å². The number of nitrogens with one attached hydrogen (secondary N) is 1. The van der Waals surface area contributed by atoms with Crippen LogP contribution in [0.4, 0.5) is 4.79 Å². The number of hydrogen-bond donors (Lipinski definition) is 3. The SMILES string of the molecule is NC(CNC(=O)O)CC1CCCCO1. The van der Waals surface area contributed by atoms with E-state index in [2.05, 4.69) is 5.32 Å². The van der Waals surface area contributed by atoms with Crippen LogP contribution in [0.15, 0.2) is 0 Å². The maximum absolute atomic E-state index is 10.2.